The fourth-order valence-corrected chi connectivity index (χ4v) is 3.77. The van der Waals surface area contributed by atoms with Gasteiger partial charge in [0, 0.05) is 17.6 Å². The zero-order valence-corrected chi connectivity index (χ0v) is 19.6. The molecule has 0 fully saturated rings. The summed E-state index contributed by atoms with van der Waals surface area (Å²) in [5.74, 6) is 0.411. The van der Waals surface area contributed by atoms with Crippen LogP contribution in [0, 0.1) is 0 Å². The minimum Gasteiger partial charge on any atom is -0.397 e. The van der Waals surface area contributed by atoms with Crippen molar-refractivity contribution in [2.75, 3.05) is 11.5 Å². The summed E-state index contributed by atoms with van der Waals surface area (Å²) in [6.45, 7) is 6.05. The standard InChI is InChI=1S/C17H14ClNO.C6H7N5.C2H6/c1-2-13-11-12-7-6-10-15(18)16(12)17(20)19(13)14-8-4-3-5-9-14;7-3-1-9-6-4(3)5(8)10-2-11-6;1-2/h3-11H,2H2,1H3;1-2H,7H2,(H3,8,9,10,11);1-2H3. The van der Waals surface area contributed by atoms with Crippen LogP contribution in [0.3, 0.4) is 0 Å². The van der Waals surface area contributed by atoms with Gasteiger partial charge >= 0.3 is 0 Å². The quantitative estimate of drug-likeness (QED) is 0.326. The highest BCUT2D eigenvalue weighted by atomic mass is 35.5. The second-order valence-electron chi connectivity index (χ2n) is 6.90. The number of H-pyrrole nitrogens is 1. The smallest absolute Gasteiger partial charge is 0.264 e. The van der Waals surface area contributed by atoms with Crippen LogP contribution < -0.4 is 17.0 Å². The summed E-state index contributed by atoms with van der Waals surface area (Å²) in [4.78, 5) is 23.4. The molecular formula is C25H27ClN6O. The zero-order valence-electron chi connectivity index (χ0n) is 18.8. The molecule has 0 bridgehead atoms. The molecule has 33 heavy (non-hydrogen) atoms. The van der Waals surface area contributed by atoms with Crippen LogP contribution in [0.1, 0.15) is 26.5 Å². The van der Waals surface area contributed by atoms with Gasteiger partial charge in [0.25, 0.3) is 5.56 Å². The van der Waals surface area contributed by atoms with Crippen LogP contribution in [-0.2, 0) is 6.42 Å². The molecule has 0 aliphatic carbocycles. The first-order chi connectivity index (χ1) is 16.0. The number of nitrogen functional groups attached to an aromatic ring is 2. The number of hydrogen-bond acceptors (Lipinski definition) is 5. The first kappa shape index (κ1) is 23.8. The van der Waals surface area contributed by atoms with E-state index in [1.807, 2.05) is 69.3 Å². The van der Waals surface area contributed by atoms with E-state index in [1.165, 1.54) is 6.33 Å². The number of nitrogens with two attached hydrogens (primary N) is 2. The first-order valence-corrected chi connectivity index (χ1v) is 11.1. The molecule has 0 aliphatic heterocycles. The summed E-state index contributed by atoms with van der Waals surface area (Å²) in [7, 11) is 0. The molecule has 5 N–H and O–H groups in total. The number of anilines is 2. The lowest BCUT2D eigenvalue weighted by Gasteiger charge is -2.14. The molecule has 0 spiro atoms. The minimum absolute atomic E-state index is 0.0591. The Balaban J connectivity index is 0.000000199. The number of aromatic nitrogens is 4. The van der Waals surface area contributed by atoms with Crippen molar-refractivity contribution in [1.29, 1.82) is 0 Å². The van der Waals surface area contributed by atoms with E-state index in [9.17, 15) is 4.79 Å². The molecule has 5 rings (SSSR count). The van der Waals surface area contributed by atoms with Crippen LogP contribution >= 0.6 is 11.6 Å². The topological polar surface area (TPSA) is 116 Å². The maximum absolute atomic E-state index is 12.8. The number of aromatic amines is 1. The number of nitrogens with one attached hydrogen (secondary N) is 1. The Morgan fingerprint density at radius 2 is 1.73 bits per heavy atom. The Hall–Kier alpha value is -3.84. The largest absolute Gasteiger partial charge is 0.397 e. The lowest BCUT2D eigenvalue weighted by Crippen LogP contribution is -2.22. The number of halogens is 1. The van der Waals surface area contributed by atoms with Gasteiger partial charge in [-0.1, -0.05) is 62.7 Å². The van der Waals surface area contributed by atoms with E-state index in [-0.39, 0.29) is 5.56 Å². The Labute approximate surface area is 197 Å². The molecule has 0 saturated carbocycles. The molecule has 0 saturated heterocycles. The SMILES string of the molecule is CC.CCc1cc2cccc(Cl)c2c(=O)n1-c1ccccc1.Nc1c[nH]c2ncnc(N)c12. The fourth-order valence-electron chi connectivity index (χ4n) is 3.50. The van der Waals surface area contributed by atoms with Crippen molar-refractivity contribution in [3.8, 4) is 5.69 Å². The number of para-hydroxylation sites is 1. The molecule has 3 aromatic heterocycles. The summed E-state index contributed by atoms with van der Waals surface area (Å²) in [6.07, 6.45) is 3.83. The minimum atomic E-state index is -0.0591. The fraction of sp³-hybridized carbons (Fsp3) is 0.160. The number of hydrogen-bond donors (Lipinski definition) is 3. The van der Waals surface area contributed by atoms with Crippen LogP contribution in [0.25, 0.3) is 27.5 Å². The molecule has 2 aromatic carbocycles. The summed E-state index contributed by atoms with van der Waals surface area (Å²) in [5.41, 5.74) is 14.2. The maximum Gasteiger partial charge on any atom is 0.264 e. The molecule has 0 aliphatic rings. The van der Waals surface area contributed by atoms with Crippen LogP contribution in [0.4, 0.5) is 11.5 Å². The number of nitrogens with zero attached hydrogens (tertiary/aromatic N) is 3. The van der Waals surface area contributed by atoms with E-state index in [0.717, 1.165) is 23.2 Å². The molecule has 3 heterocycles. The molecule has 0 amide bonds. The molecular weight excluding hydrogens is 436 g/mol. The first-order valence-electron chi connectivity index (χ1n) is 10.7. The number of fused-ring (bicyclic) bond motifs is 2. The molecule has 170 valence electrons. The number of benzene rings is 2. The van der Waals surface area contributed by atoms with E-state index in [0.29, 0.717) is 32.9 Å². The van der Waals surface area contributed by atoms with Crippen LogP contribution in [0.2, 0.25) is 5.02 Å². The summed E-state index contributed by atoms with van der Waals surface area (Å²) in [5, 5.41) is 2.68. The van der Waals surface area contributed by atoms with E-state index in [2.05, 4.69) is 15.0 Å². The van der Waals surface area contributed by atoms with Crippen molar-refractivity contribution < 1.29 is 0 Å². The van der Waals surface area contributed by atoms with E-state index >= 15 is 0 Å². The summed E-state index contributed by atoms with van der Waals surface area (Å²) in [6, 6.07) is 17.3. The van der Waals surface area contributed by atoms with Gasteiger partial charge < -0.3 is 16.5 Å². The molecule has 8 heteroatoms. The van der Waals surface area contributed by atoms with Gasteiger partial charge in [-0.05, 0) is 36.1 Å². The molecule has 0 unspecified atom stereocenters. The number of rotatable bonds is 2. The average Bonchev–Trinajstić information content (AvgIpc) is 3.23. The van der Waals surface area contributed by atoms with E-state index in [4.69, 9.17) is 23.1 Å². The monoisotopic (exact) mass is 462 g/mol. The third kappa shape index (κ3) is 4.83. The van der Waals surface area contributed by atoms with Gasteiger partial charge in [-0.25, -0.2) is 9.97 Å². The maximum atomic E-state index is 12.8. The third-order valence-electron chi connectivity index (χ3n) is 4.98. The van der Waals surface area contributed by atoms with E-state index < -0.39 is 0 Å². The third-order valence-corrected chi connectivity index (χ3v) is 5.29. The average molecular weight is 463 g/mol. The Morgan fingerprint density at radius 3 is 2.39 bits per heavy atom. The highest BCUT2D eigenvalue weighted by Gasteiger charge is 2.12. The predicted octanol–water partition coefficient (Wildman–Crippen LogP) is 5.36. The molecule has 0 radical (unpaired) electrons. The van der Waals surface area contributed by atoms with Crippen LogP contribution in [-0.4, -0.2) is 19.5 Å². The number of aryl methyl sites for hydroxylation is 1. The van der Waals surface area contributed by atoms with Gasteiger partial charge in [0.2, 0.25) is 0 Å². The zero-order chi connectivity index (χ0) is 24.0. The van der Waals surface area contributed by atoms with E-state index in [1.54, 1.807) is 16.8 Å². The molecule has 0 atom stereocenters. The molecule has 5 aromatic rings. The number of pyridine rings is 1. The van der Waals surface area contributed by atoms with Gasteiger partial charge in [0.05, 0.1) is 21.5 Å². The lowest BCUT2D eigenvalue weighted by molar-refractivity contribution is 0.889. The van der Waals surface area contributed by atoms with Gasteiger partial charge in [0.1, 0.15) is 17.8 Å². The van der Waals surface area contributed by atoms with Crippen molar-refractivity contribution >= 4 is 44.9 Å². The predicted molar refractivity (Wildman–Crippen MR) is 138 cm³/mol. The van der Waals surface area contributed by atoms with Gasteiger partial charge in [-0.15, -0.1) is 0 Å². The van der Waals surface area contributed by atoms with Crippen molar-refractivity contribution in [2.24, 2.45) is 0 Å². The second kappa shape index (κ2) is 10.7. The van der Waals surface area contributed by atoms with Crippen LogP contribution in [0.5, 0.6) is 0 Å². The highest BCUT2D eigenvalue weighted by molar-refractivity contribution is 6.35. The van der Waals surface area contributed by atoms with Crippen LogP contribution in [0.15, 0.2) is 71.9 Å². The Morgan fingerprint density at radius 1 is 1.00 bits per heavy atom. The van der Waals surface area contributed by atoms with Gasteiger partial charge in [-0.3, -0.25) is 9.36 Å². The highest BCUT2D eigenvalue weighted by Crippen LogP contribution is 2.23. The van der Waals surface area contributed by atoms with Crippen molar-refractivity contribution in [3.05, 3.63) is 88.2 Å². The Bertz CT molecular complexity index is 1430. The van der Waals surface area contributed by atoms with Crippen molar-refractivity contribution in [3.63, 3.8) is 0 Å². The molecule has 7 nitrogen and oxygen atoms in total. The normalized spacial score (nSPS) is 10.3. The van der Waals surface area contributed by atoms with Crippen molar-refractivity contribution in [2.45, 2.75) is 27.2 Å². The second-order valence-corrected chi connectivity index (χ2v) is 7.30. The van der Waals surface area contributed by atoms with Gasteiger partial charge in [-0.2, -0.15) is 0 Å². The summed E-state index contributed by atoms with van der Waals surface area (Å²) < 4.78 is 1.74. The summed E-state index contributed by atoms with van der Waals surface area (Å²) >= 11 is 6.20. The lowest BCUT2D eigenvalue weighted by atomic mass is 10.1. The Kier molecular flexibility index (Phi) is 7.69. The van der Waals surface area contributed by atoms with Gasteiger partial charge in [0.15, 0.2) is 0 Å². The van der Waals surface area contributed by atoms with Crippen molar-refractivity contribution in [1.82, 2.24) is 19.5 Å².